The Morgan fingerprint density at radius 3 is 2.70 bits per heavy atom. The summed E-state index contributed by atoms with van der Waals surface area (Å²) in [4.78, 5) is 26.3. The summed E-state index contributed by atoms with van der Waals surface area (Å²) in [6.07, 6.45) is 0.00466. The maximum absolute atomic E-state index is 13.8. The molecule has 0 saturated carbocycles. The molecule has 27 heavy (non-hydrogen) atoms. The molecule has 3 rings (SSSR count). The lowest BCUT2D eigenvalue weighted by molar-refractivity contribution is 0.0222. The molecule has 9 heteroatoms. The van der Waals surface area contributed by atoms with E-state index in [1.165, 1.54) is 4.90 Å². The molecular formula is C18H20F2N4O3. The third-order valence-electron chi connectivity index (χ3n) is 3.98. The van der Waals surface area contributed by atoms with Gasteiger partial charge in [-0.05, 0) is 32.9 Å². The predicted octanol–water partition coefficient (Wildman–Crippen LogP) is 3.23. The van der Waals surface area contributed by atoms with Gasteiger partial charge in [-0.25, -0.2) is 13.6 Å². The fraction of sp³-hybridized carbons (Fsp3) is 0.389. The van der Waals surface area contributed by atoms with E-state index >= 15 is 0 Å². The molecule has 1 aromatic heterocycles. The average molecular weight is 378 g/mol. The molecule has 1 aromatic carbocycles. The van der Waals surface area contributed by atoms with Crippen molar-refractivity contribution >= 4 is 17.7 Å². The Balaban J connectivity index is 1.77. The molecule has 0 radical (unpaired) electrons. The van der Waals surface area contributed by atoms with Crippen LogP contribution in [0.25, 0.3) is 0 Å². The first kappa shape index (κ1) is 18.8. The number of hydrogen-bond donors (Lipinski definition) is 2. The number of carbonyl (C=O) groups is 2. The van der Waals surface area contributed by atoms with Crippen LogP contribution in [0.1, 0.15) is 42.5 Å². The molecule has 2 aromatic rings. The molecule has 0 bridgehead atoms. The highest BCUT2D eigenvalue weighted by molar-refractivity contribution is 6.04. The molecule has 7 nitrogen and oxygen atoms in total. The lowest BCUT2D eigenvalue weighted by atomic mass is 10.1. The Kier molecular flexibility index (Phi) is 4.86. The molecule has 0 atom stereocenters. The second-order valence-corrected chi connectivity index (χ2v) is 7.26. The molecule has 1 aliphatic heterocycles. The summed E-state index contributed by atoms with van der Waals surface area (Å²) in [7, 11) is 0. The van der Waals surface area contributed by atoms with Gasteiger partial charge in [0, 0.05) is 30.3 Å². The average Bonchev–Trinajstić information content (AvgIpc) is 2.99. The third-order valence-corrected chi connectivity index (χ3v) is 3.98. The van der Waals surface area contributed by atoms with Crippen LogP contribution < -0.4 is 5.32 Å². The van der Waals surface area contributed by atoms with E-state index in [2.05, 4.69) is 15.5 Å². The highest BCUT2D eigenvalue weighted by atomic mass is 19.1. The van der Waals surface area contributed by atoms with E-state index in [9.17, 15) is 18.4 Å². The van der Waals surface area contributed by atoms with Crippen molar-refractivity contribution in [2.45, 2.75) is 39.3 Å². The summed E-state index contributed by atoms with van der Waals surface area (Å²) >= 11 is 0. The Hall–Kier alpha value is -2.97. The smallest absolute Gasteiger partial charge is 0.410 e. The van der Waals surface area contributed by atoms with Crippen LogP contribution in [0.5, 0.6) is 0 Å². The predicted molar refractivity (Wildman–Crippen MR) is 93.2 cm³/mol. The van der Waals surface area contributed by atoms with Crippen molar-refractivity contribution in [1.82, 2.24) is 15.1 Å². The van der Waals surface area contributed by atoms with Crippen molar-refractivity contribution in [3.05, 3.63) is 46.8 Å². The SMILES string of the molecule is CC(C)(C)OC(=O)N1CCc2[nH]nc(C(=O)Nc3ccc(F)cc3F)c2C1. The van der Waals surface area contributed by atoms with E-state index in [1.807, 2.05) is 0 Å². The maximum Gasteiger partial charge on any atom is 0.410 e. The van der Waals surface area contributed by atoms with E-state index in [0.717, 1.165) is 17.8 Å². The molecule has 0 saturated heterocycles. The van der Waals surface area contributed by atoms with Crippen LogP contribution >= 0.6 is 0 Å². The first-order chi connectivity index (χ1) is 12.6. The van der Waals surface area contributed by atoms with Gasteiger partial charge >= 0.3 is 6.09 Å². The monoisotopic (exact) mass is 378 g/mol. The Bertz CT molecular complexity index is 889. The lowest BCUT2D eigenvalue weighted by Gasteiger charge is -2.30. The van der Waals surface area contributed by atoms with Gasteiger partial charge in [0.05, 0.1) is 12.2 Å². The van der Waals surface area contributed by atoms with Gasteiger partial charge in [-0.1, -0.05) is 0 Å². The fourth-order valence-corrected chi connectivity index (χ4v) is 2.74. The minimum Gasteiger partial charge on any atom is -0.444 e. The number of benzene rings is 1. The van der Waals surface area contributed by atoms with E-state index < -0.39 is 29.2 Å². The number of amides is 2. The number of nitrogens with one attached hydrogen (secondary N) is 2. The Morgan fingerprint density at radius 1 is 1.30 bits per heavy atom. The maximum atomic E-state index is 13.8. The van der Waals surface area contributed by atoms with Gasteiger partial charge in [0.25, 0.3) is 5.91 Å². The van der Waals surface area contributed by atoms with Gasteiger partial charge in [-0.2, -0.15) is 5.10 Å². The number of fused-ring (bicyclic) bond motifs is 1. The number of carbonyl (C=O) groups excluding carboxylic acids is 2. The number of H-pyrrole nitrogens is 1. The van der Waals surface area contributed by atoms with Crippen molar-refractivity contribution in [1.29, 1.82) is 0 Å². The third kappa shape index (κ3) is 4.24. The minimum absolute atomic E-state index is 0.0574. The van der Waals surface area contributed by atoms with Crippen LogP contribution in [0, 0.1) is 11.6 Å². The molecule has 2 N–H and O–H groups in total. The molecule has 0 spiro atoms. The van der Waals surface area contributed by atoms with Crippen molar-refractivity contribution in [2.24, 2.45) is 0 Å². The fourth-order valence-electron chi connectivity index (χ4n) is 2.74. The molecule has 2 amide bonds. The molecule has 0 aliphatic carbocycles. The van der Waals surface area contributed by atoms with E-state index in [4.69, 9.17) is 4.74 Å². The second kappa shape index (κ2) is 6.98. The summed E-state index contributed by atoms with van der Waals surface area (Å²) in [6, 6.07) is 2.86. The zero-order valence-corrected chi connectivity index (χ0v) is 15.2. The van der Waals surface area contributed by atoms with Crippen LogP contribution in [0.3, 0.4) is 0 Å². The van der Waals surface area contributed by atoms with Gasteiger partial charge in [-0.3, -0.25) is 9.89 Å². The van der Waals surface area contributed by atoms with E-state index in [1.54, 1.807) is 20.8 Å². The van der Waals surface area contributed by atoms with Gasteiger partial charge in [0.1, 0.15) is 17.2 Å². The molecule has 1 aliphatic rings. The number of hydrogen-bond acceptors (Lipinski definition) is 4. The quantitative estimate of drug-likeness (QED) is 0.840. The summed E-state index contributed by atoms with van der Waals surface area (Å²) in [5, 5.41) is 9.15. The first-order valence-electron chi connectivity index (χ1n) is 8.44. The molecule has 0 unspecified atom stereocenters. The number of halogens is 2. The summed E-state index contributed by atoms with van der Waals surface area (Å²) in [6.45, 7) is 5.89. The van der Waals surface area contributed by atoms with Gasteiger partial charge in [0.15, 0.2) is 5.69 Å². The van der Waals surface area contributed by atoms with Crippen LogP contribution in [0.4, 0.5) is 19.3 Å². The van der Waals surface area contributed by atoms with Gasteiger partial charge in [-0.15, -0.1) is 0 Å². The highest BCUT2D eigenvalue weighted by Gasteiger charge is 2.30. The lowest BCUT2D eigenvalue weighted by Crippen LogP contribution is -2.40. The molecule has 0 fully saturated rings. The van der Waals surface area contributed by atoms with Crippen LogP contribution in [-0.2, 0) is 17.7 Å². The number of aromatic nitrogens is 2. The second-order valence-electron chi connectivity index (χ2n) is 7.26. The van der Waals surface area contributed by atoms with Crippen molar-refractivity contribution < 1.29 is 23.1 Å². The van der Waals surface area contributed by atoms with E-state index in [0.29, 0.717) is 24.6 Å². The zero-order valence-electron chi connectivity index (χ0n) is 15.2. The van der Waals surface area contributed by atoms with Crippen LogP contribution in [0.2, 0.25) is 0 Å². The highest BCUT2D eigenvalue weighted by Crippen LogP contribution is 2.24. The van der Waals surface area contributed by atoms with Crippen molar-refractivity contribution in [3.8, 4) is 0 Å². The number of nitrogens with zero attached hydrogens (tertiary/aromatic N) is 2. The summed E-state index contributed by atoms with van der Waals surface area (Å²) < 4.78 is 32.1. The standard InChI is InChI=1S/C18H20F2N4O3/c1-18(2,3)27-17(26)24-7-6-13-11(9-24)15(23-22-13)16(25)21-14-5-4-10(19)8-12(14)20/h4-5,8H,6-7,9H2,1-3H3,(H,21,25)(H,22,23). The topological polar surface area (TPSA) is 87.3 Å². The minimum atomic E-state index is -0.886. The van der Waals surface area contributed by atoms with Gasteiger partial charge < -0.3 is 15.0 Å². The number of rotatable bonds is 2. The number of anilines is 1. The van der Waals surface area contributed by atoms with Gasteiger partial charge in [0.2, 0.25) is 0 Å². The number of ether oxygens (including phenoxy) is 1. The molecule has 144 valence electrons. The molecule has 2 heterocycles. The normalized spacial score (nSPS) is 13.9. The Labute approximate surface area is 154 Å². The van der Waals surface area contributed by atoms with Crippen LogP contribution in [0.15, 0.2) is 18.2 Å². The number of aromatic amines is 1. The summed E-state index contributed by atoms with van der Waals surface area (Å²) in [5.41, 5.74) is 0.556. The van der Waals surface area contributed by atoms with E-state index in [-0.39, 0.29) is 17.9 Å². The van der Waals surface area contributed by atoms with Crippen molar-refractivity contribution in [2.75, 3.05) is 11.9 Å². The zero-order chi connectivity index (χ0) is 19.8. The Morgan fingerprint density at radius 2 is 2.04 bits per heavy atom. The van der Waals surface area contributed by atoms with Crippen molar-refractivity contribution in [3.63, 3.8) is 0 Å². The first-order valence-corrected chi connectivity index (χ1v) is 8.44. The summed E-state index contributed by atoms with van der Waals surface area (Å²) in [5.74, 6) is -2.28. The largest absolute Gasteiger partial charge is 0.444 e. The molecular weight excluding hydrogens is 358 g/mol. The van der Waals surface area contributed by atoms with Crippen LogP contribution in [-0.4, -0.2) is 39.2 Å².